The van der Waals surface area contributed by atoms with Gasteiger partial charge < -0.3 is 5.32 Å². The van der Waals surface area contributed by atoms with Gasteiger partial charge in [-0.15, -0.1) is 0 Å². The Morgan fingerprint density at radius 3 is 2.65 bits per heavy atom. The van der Waals surface area contributed by atoms with Gasteiger partial charge in [0.15, 0.2) is 0 Å². The van der Waals surface area contributed by atoms with E-state index >= 15 is 0 Å². The number of likely N-dealkylation sites (tertiary alicyclic amines) is 1. The van der Waals surface area contributed by atoms with Crippen LogP contribution in [0, 0.1) is 0 Å². The van der Waals surface area contributed by atoms with E-state index in [9.17, 15) is 0 Å². The number of hydrogen-bond acceptors (Lipinski definition) is 2. The van der Waals surface area contributed by atoms with Crippen LogP contribution in [0.25, 0.3) is 0 Å². The second kappa shape index (κ2) is 6.53. The molecule has 0 bridgehead atoms. The van der Waals surface area contributed by atoms with Gasteiger partial charge in [0.2, 0.25) is 0 Å². The van der Waals surface area contributed by atoms with Gasteiger partial charge in [-0.1, -0.05) is 34.5 Å². The molecule has 1 fully saturated rings. The molecule has 1 aliphatic rings. The molecule has 17 heavy (non-hydrogen) atoms. The van der Waals surface area contributed by atoms with Gasteiger partial charge in [-0.05, 0) is 50.2 Å². The molecule has 0 aromatic heterocycles. The molecule has 1 aromatic carbocycles. The molecule has 3 heteroatoms. The minimum Gasteiger partial charge on any atom is -0.316 e. The van der Waals surface area contributed by atoms with Crippen molar-refractivity contribution < 1.29 is 0 Å². The Bertz CT molecular complexity index is 359. The topological polar surface area (TPSA) is 15.3 Å². The molecule has 1 N–H and O–H groups in total. The van der Waals surface area contributed by atoms with Gasteiger partial charge in [0.05, 0.1) is 0 Å². The molecule has 0 spiro atoms. The summed E-state index contributed by atoms with van der Waals surface area (Å²) < 4.78 is 1.25. The zero-order valence-electron chi connectivity index (χ0n) is 10.5. The fourth-order valence-electron chi connectivity index (χ4n) is 2.39. The van der Waals surface area contributed by atoms with E-state index in [1.807, 2.05) is 7.05 Å². The Kier molecular flexibility index (Phi) is 5.01. The highest BCUT2D eigenvalue weighted by Gasteiger charge is 2.11. The highest BCUT2D eigenvalue weighted by molar-refractivity contribution is 9.10. The van der Waals surface area contributed by atoms with Crippen molar-refractivity contribution in [3.05, 3.63) is 33.8 Å². The van der Waals surface area contributed by atoms with E-state index in [-0.39, 0.29) is 0 Å². The van der Waals surface area contributed by atoms with E-state index in [0.29, 0.717) is 0 Å². The van der Waals surface area contributed by atoms with Gasteiger partial charge in [0, 0.05) is 17.6 Å². The highest BCUT2D eigenvalue weighted by Crippen LogP contribution is 2.22. The number of piperidine rings is 1. The summed E-state index contributed by atoms with van der Waals surface area (Å²) in [6.45, 7) is 4.53. The number of nitrogens with zero attached hydrogens (tertiary/aromatic N) is 1. The fourth-order valence-corrected chi connectivity index (χ4v) is 2.94. The number of rotatable bonds is 4. The summed E-state index contributed by atoms with van der Waals surface area (Å²) in [6.07, 6.45) is 4.11. The van der Waals surface area contributed by atoms with Crippen molar-refractivity contribution >= 4 is 15.9 Å². The number of nitrogens with one attached hydrogen (secondary N) is 1. The molecule has 0 unspecified atom stereocenters. The average molecular weight is 297 g/mol. The molecule has 1 heterocycles. The lowest BCUT2D eigenvalue weighted by atomic mass is 10.1. The maximum Gasteiger partial charge on any atom is 0.0244 e. The molecule has 2 rings (SSSR count). The van der Waals surface area contributed by atoms with E-state index in [0.717, 1.165) is 13.1 Å². The molecule has 1 aromatic rings. The van der Waals surface area contributed by atoms with E-state index in [4.69, 9.17) is 0 Å². The predicted molar refractivity (Wildman–Crippen MR) is 76.0 cm³/mol. The molecular formula is C14H21BrN2. The largest absolute Gasteiger partial charge is 0.316 e. The van der Waals surface area contributed by atoms with Crippen LogP contribution in [0.1, 0.15) is 30.4 Å². The minimum atomic E-state index is 0.933. The molecule has 0 saturated carbocycles. The van der Waals surface area contributed by atoms with Crippen LogP contribution in [0.5, 0.6) is 0 Å². The Labute approximate surface area is 113 Å². The van der Waals surface area contributed by atoms with Crippen LogP contribution in [0.15, 0.2) is 22.7 Å². The average Bonchev–Trinajstić information content (AvgIpc) is 2.34. The van der Waals surface area contributed by atoms with Crippen molar-refractivity contribution in [1.82, 2.24) is 10.2 Å². The van der Waals surface area contributed by atoms with Gasteiger partial charge in [0.25, 0.3) is 0 Å². The Hall–Kier alpha value is -0.380. The van der Waals surface area contributed by atoms with Gasteiger partial charge in [0.1, 0.15) is 0 Å². The monoisotopic (exact) mass is 296 g/mol. The molecule has 1 aliphatic heterocycles. The maximum atomic E-state index is 3.69. The first-order valence-corrected chi connectivity index (χ1v) is 7.23. The first kappa shape index (κ1) is 13.1. The summed E-state index contributed by atoms with van der Waals surface area (Å²) in [5, 5.41) is 3.18. The number of benzene rings is 1. The number of halogens is 1. The van der Waals surface area contributed by atoms with Crippen LogP contribution in [0.4, 0.5) is 0 Å². The van der Waals surface area contributed by atoms with Gasteiger partial charge >= 0.3 is 0 Å². The molecular weight excluding hydrogens is 276 g/mol. The maximum absolute atomic E-state index is 3.69. The van der Waals surface area contributed by atoms with Gasteiger partial charge in [-0.25, -0.2) is 0 Å². The van der Waals surface area contributed by atoms with Gasteiger partial charge in [-0.3, -0.25) is 4.90 Å². The quantitative estimate of drug-likeness (QED) is 0.918. The SMILES string of the molecule is CNCc1ccc(CN2CCCCC2)c(Br)c1. The summed E-state index contributed by atoms with van der Waals surface area (Å²) in [4.78, 5) is 2.56. The predicted octanol–water partition coefficient (Wildman–Crippen LogP) is 3.15. The highest BCUT2D eigenvalue weighted by atomic mass is 79.9. The van der Waals surface area contributed by atoms with E-state index in [2.05, 4.69) is 44.3 Å². The minimum absolute atomic E-state index is 0.933. The second-order valence-electron chi connectivity index (χ2n) is 4.79. The van der Waals surface area contributed by atoms with Crippen LogP contribution in [0.2, 0.25) is 0 Å². The smallest absolute Gasteiger partial charge is 0.0244 e. The molecule has 0 amide bonds. The van der Waals surface area contributed by atoms with Crippen molar-refractivity contribution in [1.29, 1.82) is 0 Å². The zero-order valence-corrected chi connectivity index (χ0v) is 12.1. The van der Waals surface area contributed by atoms with E-state index < -0.39 is 0 Å². The molecule has 2 nitrogen and oxygen atoms in total. The first-order chi connectivity index (χ1) is 8.29. The van der Waals surface area contributed by atoms with Crippen molar-refractivity contribution in [3.8, 4) is 0 Å². The molecule has 1 saturated heterocycles. The van der Waals surface area contributed by atoms with Crippen LogP contribution >= 0.6 is 15.9 Å². The summed E-state index contributed by atoms with van der Waals surface area (Å²) in [6, 6.07) is 6.71. The fraction of sp³-hybridized carbons (Fsp3) is 0.571. The Morgan fingerprint density at radius 1 is 1.24 bits per heavy atom. The Morgan fingerprint density at radius 2 is 2.00 bits per heavy atom. The van der Waals surface area contributed by atoms with Gasteiger partial charge in [-0.2, -0.15) is 0 Å². The lowest BCUT2D eigenvalue weighted by Crippen LogP contribution is -2.29. The first-order valence-electron chi connectivity index (χ1n) is 6.44. The second-order valence-corrected chi connectivity index (χ2v) is 5.65. The molecule has 0 aliphatic carbocycles. The lowest BCUT2D eigenvalue weighted by molar-refractivity contribution is 0.220. The molecule has 0 radical (unpaired) electrons. The van der Waals surface area contributed by atoms with Crippen LogP contribution in [-0.4, -0.2) is 25.0 Å². The summed E-state index contributed by atoms with van der Waals surface area (Å²) >= 11 is 3.69. The summed E-state index contributed by atoms with van der Waals surface area (Å²) in [7, 11) is 1.98. The van der Waals surface area contributed by atoms with Crippen molar-refractivity contribution in [2.75, 3.05) is 20.1 Å². The normalized spacial score (nSPS) is 17.3. The molecule has 0 atom stereocenters. The summed E-state index contributed by atoms with van der Waals surface area (Å²) in [5.74, 6) is 0. The Balaban J connectivity index is 2.00. The van der Waals surface area contributed by atoms with Crippen molar-refractivity contribution in [3.63, 3.8) is 0 Å². The molecule has 94 valence electrons. The standard InChI is InChI=1S/C14H21BrN2/c1-16-10-12-5-6-13(14(15)9-12)11-17-7-3-2-4-8-17/h5-6,9,16H,2-4,7-8,10-11H2,1H3. The summed E-state index contributed by atoms with van der Waals surface area (Å²) in [5.41, 5.74) is 2.74. The zero-order chi connectivity index (χ0) is 12.1. The van der Waals surface area contributed by atoms with Crippen LogP contribution in [0.3, 0.4) is 0 Å². The van der Waals surface area contributed by atoms with E-state index in [1.165, 1.54) is 48.0 Å². The lowest BCUT2D eigenvalue weighted by Gasteiger charge is -2.26. The van der Waals surface area contributed by atoms with Crippen molar-refractivity contribution in [2.45, 2.75) is 32.4 Å². The van der Waals surface area contributed by atoms with Crippen LogP contribution < -0.4 is 5.32 Å². The van der Waals surface area contributed by atoms with Crippen LogP contribution in [-0.2, 0) is 13.1 Å². The number of hydrogen-bond donors (Lipinski definition) is 1. The third-order valence-corrected chi connectivity index (χ3v) is 4.08. The van der Waals surface area contributed by atoms with Crippen molar-refractivity contribution in [2.24, 2.45) is 0 Å². The third kappa shape index (κ3) is 3.80. The third-order valence-electron chi connectivity index (χ3n) is 3.34. The van der Waals surface area contributed by atoms with E-state index in [1.54, 1.807) is 0 Å².